The van der Waals surface area contributed by atoms with Gasteiger partial charge in [0.1, 0.15) is 23.0 Å². The molecule has 7 nitrogen and oxygen atoms in total. The first-order chi connectivity index (χ1) is 16.9. The maximum absolute atomic E-state index is 13.6. The summed E-state index contributed by atoms with van der Waals surface area (Å²) >= 11 is 5.65. The van der Waals surface area contributed by atoms with Gasteiger partial charge in [-0.3, -0.25) is 9.59 Å². The summed E-state index contributed by atoms with van der Waals surface area (Å²) in [6.07, 6.45) is -0.900. The Morgan fingerprint density at radius 2 is 1.81 bits per heavy atom. The van der Waals surface area contributed by atoms with Crippen LogP contribution in [-0.2, 0) is 4.79 Å². The number of rotatable bonds is 7. The zero-order chi connectivity index (χ0) is 26.1. The minimum atomic E-state index is -4.84. The quantitative estimate of drug-likeness (QED) is 0.504. The molecule has 1 atom stereocenters. The number of amides is 2. The van der Waals surface area contributed by atoms with Gasteiger partial charge in [-0.05, 0) is 62.3 Å². The van der Waals surface area contributed by atoms with Crippen LogP contribution < -0.4 is 20.1 Å². The smallest absolute Gasteiger partial charge is 0.484 e. The lowest BCUT2D eigenvalue weighted by Crippen LogP contribution is -2.67. The number of carbonyl (C=O) groups is 2. The fourth-order valence-corrected chi connectivity index (χ4v) is 5.24. The lowest BCUT2D eigenvalue weighted by molar-refractivity contribution is -0.274. The number of alkyl halides is 3. The first-order valence-electron chi connectivity index (χ1n) is 11.3. The van der Waals surface area contributed by atoms with Gasteiger partial charge in [-0.25, -0.2) is 9.37 Å². The largest absolute Gasteiger partial charge is 0.573 e. The SMILES string of the molecule is CC1CC2(NC(=O)c3ccc(OC(F)(F)F)cn3)CCC1(NC(=O)COc1ccc(Cl)c(F)c1)CC2. The summed E-state index contributed by atoms with van der Waals surface area (Å²) in [5.74, 6) is -1.73. The van der Waals surface area contributed by atoms with Crippen molar-refractivity contribution in [2.75, 3.05) is 6.61 Å². The lowest BCUT2D eigenvalue weighted by Gasteiger charge is -2.57. The zero-order valence-corrected chi connectivity index (χ0v) is 20.0. The third-order valence-corrected chi connectivity index (χ3v) is 7.28. The minimum Gasteiger partial charge on any atom is -0.484 e. The summed E-state index contributed by atoms with van der Waals surface area (Å²) in [5.41, 5.74) is -0.964. The average molecular weight is 530 g/mol. The molecule has 0 saturated heterocycles. The molecular weight excluding hydrogens is 506 g/mol. The summed E-state index contributed by atoms with van der Waals surface area (Å²) in [6, 6.07) is 6.16. The Balaban J connectivity index is 1.32. The highest BCUT2D eigenvalue weighted by atomic mass is 35.5. The number of ether oxygens (including phenoxy) is 2. The highest BCUT2D eigenvalue weighted by Gasteiger charge is 2.54. The van der Waals surface area contributed by atoms with Crippen molar-refractivity contribution in [3.05, 3.63) is 53.1 Å². The molecule has 2 N–H and O–H groups in total. The van der Waals surface area contributed by atoms with Gasteiger partial charge in [-0.15, -0.1) is 13.2 Å². The molecule has 2 aromatic rings. The van der Waals surface area contributed by atoms with Crippen molar-refractivity contribution < 1.29 is 36.6 Å². The summed E-state index contributed by atoms with van der Waals surface area (Å²) in [4.78, 5) is 29.2. The Bertz CT molecular complexity index is 1140. The number of carbonyl (C=O) groups excluding carboxylic acids is 2. The van der Waals surface area contributed by atoms with Crippen LogP contribution in [0.25, 0.3) is 0 Å². The van der Waals surface area contributed by atoms with Gasteiger partial charge in [0, 0.05) is 17.1 Å². The predicted molar refractivity (Wildman–Crippen MR) is 121 cm³/mol. The maximum Gasteiger partial charge on any atom is 0.573 e. The number of halogens is 5. The van der Waals surface area contributed by atoms with Gasteiger partial charge >= 0.3 is 6.36 Å². The molecule has 3 aliphatic rings. The van der Waals surface area contributed by atoms with E-state index in [1.54, 1.807) is 0 Å². The van der Waals surface area contributed by atoms with Crippen molar-refractivity contribution in [1.82, 2.24) is 15.6 Å². The van der Waals surface area contributed by atoms with E-state index < -0.39 is 34.9 Å². The summed E-state index contributed by atoms with van der Waals surface area (Å²) in [6.45, 7) is 1.72. The van der Waals surface area contributed by atoms with E-state index in [0.717, 1.165) is 18.3 Å². The van der Waals surface area contributed by atoms with Gasteiger partial charge in [0.15, 0.2) is 6.61 Å². The van der Waals surface area contributed by atoms with Gasteiger partial charge in [-0.2, -0.15) is 0 Å². The summed E-state index contributed by atoms with van der Waals surface area (Å²) in [7, 11) is 0. The van der Waals surface area contributed by atoms with Gasteiger partial charge in [-0.1, -0.05) is 18.5 Å². The van der Waals surface area contributed by atoms with Crippen LogP contribution in [0.5, 0.6) is 11.5 Å². The molecule has 3 aliphatic carbocycles. The summed E-state index contributed by atoms with van der Waals surface area (Å²) in [5, 5.41) is 6.05. The van der Waals surface area contributed by atoms with Crippen molar-refractivity contribution in [3.8, 4) is 11.5 Å². The van der Waals surface area contributed by atoms with E-state index in [0.29, 0.717) is 32.1 Å². The number of pyridine rings is 1. The highest BCUT2D eigenvalue weighted by molar-refractivity contribution is 6.30. The molecule has 194 valence electrons. The molecule has 0 spiro atoms. The minimum absolute atomic E-state index is 0.0157. The Labute approximate surface area is 209 Å². The van der Waals surface area contributed by atoms with Gasteiger partial charge in [0.05, 0.1) is 11.2 Å². The second kappa shape index (κ2) is 9.76. The molecule has 1 aromatic carbocycles. The number of nitrogens with zero attached hydrogens (tertiary/aromatic N) is 1. The second-order valence-corrected chi connectivity index (χ2v) is 9.74. The maximum atomic E-state index is 13.6. The average Bonchev–Trinajstić information content (AvgIpc) is 2.80. The highest BCUT2D eigenvalue weighted by Crippen LogP contribution is 2.50. The summed E-state index contributed by atoms with van der Waals surface area (Å²) < 4.78 is 59.7. The number of fused-ring (bicyclic) bond motifs is 3. The molecular formula is C24H24ClF4N3O4. The van der Waals surface area contributed by atoms with Gasteiger partial charge < -0.3 is 20.1 Å². The molecule has 3 fully saturated rings. The fraction of sp³-hybridized carbons (Fsp3) is 0.458. The van der Waals surface area contributed by atoms with Crippen LogP contribution >= 0.6 is 11.6 Å². The molecule has 3 saturated carbocycles. The Morgan fingerprint density at radius 1 is 1.11 bits per heavy atom. The van der Waals surface area contributed by atoms with Crippen molar-refractivity contribution >= 4 is 23.4 Å². The van der Waals surface area contributed by atoms with E-state index in [4.69, 9.17) is 16.3 Å². The van der Waals surface area contributed by atoms with Crippen LogP contribution in [-0.4, -0.2) is 40.8 Å². The lowest BCUT2D eigenvalue weighted by atomic mass is 9.56. The van der Waals surface area contributed by atoms with E-state index in [1.807, 2.05) is 6.92 Å². The Hall–Kier alpha value is -3.08. The number of aromatic nitrogens is 1. The second-order valence-electron chi connectivity index (χ2n) is 9.34. The van der Waals surface area contributed by atoms with E-state index in [-0.39, 0.29) is 34.9 Å². The number of benzene rings is 1. The number of hydrogen-bond donors (Lipinski definition) is 2. The van der Waals surface area contributed by atoms with Crippen LogP contribution in [0.3, 0.4) is 0 Å². The molecule has 1 heterocycles. The first-order valence-corrected chi connectivity index (χ1v) is 11.7. The fourth-order valence-electron chi connectivity index (χ4n) is 5.12. The van der Waals surface area contributed by atoms with E-state index >= 15 is 0 Å². The van der Waals surface area contributed by atoms with E-state index in [2.05, 4.69) is 20.4 Å². The standard InChI is InChI=1S/C24H24ClF4N3O4/c1-14-11-22(32-21(34)19-5-3-16(12-30-19)36-24(27,28)29)6-8-23(14,9-7-22)31-20(33)13-35-15-2-4-17(25)18(26)10-15/h2-5,10,12,14H,6-9,11,13H2,1H3,(H,31,33)(H,32,34). The van der Waals surface area contributed by atoms with Crippen LogP contribution in [0.2, 0.25) is 5.02 Å². The van der Waals surface area contributed by atoms with Crippen LogP contribution in [0.1, 0.15) is 49.5 Å². The number of hydrogen-bond acceptors (Lipinski definition) is 5. The molecule has 2 amide bonds. The molecule has 12 heteroatoms. The van der Waals surface area contributed by atoms with Crippen molar-refractivity contribution in [3.63, 3.8) is 0 Å². The van der Waals surface area contributed by atoms with Crippen molar-refractivity contribution in [2.45, 2.75) is 56.5 Å². The number of nitrogens with one attached hydrogen (secondary N) is 2. The topological polar surface area (TPSA) is 89.5 Å². The van der Waals surface area contributed by atoms with E-state index in [1.165, 1.54) is 18.2 Å². The predicted octanol–water partition coefficient (Wildman–Crippen LogP) is 4.79. The third kappa shape index (κ3) is 5.83. The monoisotopic (exact) mass is 529 g/mol. The van der Waals surface area contributed by atoms with Crippen molar-refractivity contribution in [1.29, 1.82) is 0 Å². The van der Waals surface area contributed by atoms with Crippen LogP contribution in [0.4, 0.5) is 17.6 Å². The molecule has 0 radical (unpaired) electrons. The zero-order valence-electron chi connectivity index (χ0n) is 19.3. The van der Waals surface area contributed by atoms with Crippen LogP contribution in [0.15, 0.2) is 36.5 Å². The van der Waals surface area contributed by atoms with Gasteiger partial charge in [0.25, 0.3) is 11.8 Å². The Kier molecular flexibility index (Phi) is 7.05. The molecule has 0 aliphatic heterocycles. The first kappa shape index (κ1) is 26.0. The van der Waals surface area contributed by atoms with Crippen molar-refractivity contribution in [2.24, 2.45) is 5.92 Å². The van der Waals surface area contributed by atoms with E-state index in [9.17, 15) is 27.2 Å². The van der Waals surface area contributed by atoms with Gasteiger partial charge in [0.2, 0.25) is 0 Å². The third-order valence-electron chi connectivity index (χ3n) is 6.97. The van der Waals surface area contributed by atoms with Crippen LogP contribution in [0, 0.1) is 11.7 Å². The molecule has 5 rings (SSSR count). The molecule has 36 heavy (non-hydrogen) atoms. The normalized spacial score (nSPS) is 25.2. The molecule has 2 bridgehead atoms. The Morgan fingerprint density at radius 3 is 2.39 bits per heavy atom. The molecule has 1 aromatic heterocycles. The molecule has 1 unspecified atom stereocenters.